The quantitative estimate of drug-likeness (QED) is 0.557. The lowest BCUT2D eigenvalue weighted by Crippen LogP contribution is -2.05. The van der Waals surface area contributed by atoms with Crippen molar-refractivity contribution in [1.29, 1.82) is 0 Å². The Kier molecular flexibility index (Phi) is 5.51. The second-order valence-corrected chi connectivity index (χ2v) is 7.64. The van der Waals surface area contributed by atoms with Crippen LogP contribution in [-0.2, 0) is 13.0 Å². The van der Waals surface area contributed by atoms with Crippen molar-refractivity contribution < 1.29 is 0 Å². The molecule has 0 aliphatic heterocycles. The van der Waals surface area contributed by atoms with E-state index in [-0.39, 0.29) is 0 Å². The third kappa shape index (κ3) is 4.03. The van der Waals surface area contributed by atoms with Crippen LogP contribution in [0.15, 0.2) is 53.0 Å². The van der Waals surface area contributed by atoms with Gasteiger partial charge in [-0.1, -0.05) is 55.1 Å². The molecule has 1 atom stereocenters. The van der Waals surface area contributed by atoms with E-state index in [9.17, 15) is 0 Å². The lowest BCUT2D eigenvalue weighted by atomic mass is 10.1. The van der Waals surface area contributed by atoms with Crippen LogP contribution in [0.25, 0.3) is 0 Å². The number of benzene rings is 1. The van der Waals surface area contributed by atoms with Gasteiger partial charge in [-0.25, -0.2) is 0 Å². The van der Waals surface area contributed by atoms with Gasteiger partial charge in [-0.05, 0) is 36.8 Å². The molecule has 23 heavy (non-hydrogen) atoms. The summed E-state index contributed by atoms with van der Waals surface area (Å²) in [7, 11) is 0. The summed E-state index contributed by atoms with van der Waals surface area (Å²) in [4.78, 5) is 1.41. The smallest absolute Gasteiger partial charge is 0.191 e. The van der Waals surface area contributed by atoms with Crippen molar-refractivity contribution in [3.8, 4) is 0 Å². The predicted octanol–water partition coefficient (Wildman–Crippen LogP) is 5.13. The summed E-state index contributed by atoms with van der Waals surface area (Å²) in [6.07, 6.45) is 2.11. The number of hydrogen-bond donors (Lipinski definition) is 0. The van der Waals surface area contributed by atoms with Gasteiger partial charge in [0.15, 0.2) is 5.16 Å². The summed E-state index contributed by atoms with van der Waals surface area (Å²) in [6, 6.07) is 15.0. The number of aryl methyl sites for hydroxylation is 2. The largest absolute Gasteiger partial charge is 0.306 e. The van der Waals surface area contributed by atoms with Gasteiger partial charge >= 0.3 is 0 Å². The van der Waals surface area contributed by atoms with Crippen molar-refractivity contribution >= 4 is 23.1 Å². The molecule has 5 heteroatoms. The molecule has 1 unspecified atom stereocenters. The summed E-state index contributed by atoms with van der Waals surface area (Å²) >= 11 is 3.63. The normalized spacial score (nSPS) is 12.4. The van der Waals surface area contributed by atoms with Gasteiger partial charge in [0.1, 0.15) is 5.82 Å². The Morgan fingerprint density at radius 3 is 2.65 bits per heavy atom. The minimum atomic E-state index is 0.417. The Morgan fingerprint density at radius 1 is 1.13 bits per heavy atom. The van der Waals surface area contributed by atoms with E-state index in [1.54, 1.807) is 0 Å². The van der Waals surface area contributed by atoms with Gasteiger partial charge in [-0.15, -0.1) is 21.5 Å². The van der Waals surface area contributed by atoms with Crippen molar-refractivity contribution in [1.82, 2.24) is 14.8 Å². The Bertz CT molecular complexity index is 720. The molecule has 0 amide bonds. The fourth-order valence-electron chi connectivity index (χ4n) is 2.56. The summed E-state index contributed by atoms with van der Waals surface area (Å²) in [6.45, 7) is 5.20. The van der Waals surface area contributed by atoms with Crippen LogP contribution in [0, 0.1) is 6.92 Å². The van der Waals surface area contributed by atoms with Crippen LogP contribution in [0.1, 0.15) is 34.9 Å². The second-order valence-electron chi connectivity index (χ2n) is 5.44. The molecular formula is C18H21N3S2. The fourth-order valence-corrected chi connectivity index (χ4v) is 4.42. The zero-order valence-corrected chi connectivity index (χ0v) is 15.1. The molecule has 1 aromatic carbocycles. The summed E-state index contributed by atoms with van der Waals surface area (Å²) < 4.78 is 2.25. The Hall–Kier alpha value is -1.59. The monoisotopic (exact) mass is 343 g/mol. The van der Waals surface area contributed by atoms with Gasteiger partial charge in [0.05, 0.1) is 0 Å². The number of thioether (sulfide) groups is 1. The average Bonchev–Trinajstić information content (AvgIpc) is 3.21. The minimum absolute atomic E-state index is 0.417. The number of rotatable bonds is 7. The first-order valence-corrected chi connectivity index (χ1v) is 9.67. The molecule has 2 heterocycles. The number of nitrogens with zero attached hydrogens (tertiary/aromatic N) is 3. The van der Waals surface area contributed by atoms with Crippen LogP contribution >= 0.6 is 23.1 Å². The standard InChI is InChI=1S/C18H21N3S2/c1-3-17(15-8-5-4-6-9-15)23-18-20-19-14(2)21(18)12-11-16-10-7-13-22-16/h4-10,13,17H,3,11-12H2,1-2H3. The highest BCUT2D eigenvalue weighted by molar-refractivity contribution is 7.99. The van der Waals surface area contributed by atoms with Gasteiger partial charge < -0.3 is 4.57 Å². The van der Waals surface area contributed by atoms with Crippen LogP contribution in [0.2, 0.25) is 0 Å². The van der Waals surface area contributed by atoms with Crippen molar-refractivity contribution in [2.45, 2.75) is 43.6 Å². The lowest BCUT2D eigenvalue weighted by Gasteiger charge is -2.15. The molecule has 3 rings (SSSR count). The maximum atomic E-state index is 4.41. The van der Waals surface area contributed by atoms with Gasteiger partial charge in [0.2, 0.25) is 0 Å². The number of aromatic nitrogens is 3. The van der Waals surface area contributed by atoms with E-state index < -0.39 is 0 Å². The first-order chi connectivity index (χ1) is 11.3. The molecule has 0 bridgehead atoms. The van der Waals surface area contributed by atoms with Crippen molar-refractivity contribution in [3.05, 3.63) is 64.1 Å². The Balaban J connectivity index is 1.74. The van der Waals surface area contributed by atoms with Crippen molar-refractivity contribution in [2.24, 2.45) is 0 Å². The molecule has 0 fully saturated rings. The van der Waals surface area contributed by atoms with Crippen LogP contribution in [0.5, 0.6) is 0 Å². The molecule has 120 valence electrons. The third-order valence-electron chi connectivity index (χ3n) is 3.85. The molecule has 0 aliphatic carbocycles. The highest BCUT2D eigenvalue weighted by Gasteiger charge is 2.16. The van der Waals surface area contributed by atoms with Gasteiger partial charge in [0.25, 0.3) is 0 Å². The number of hydrogen-bond acceptors (Lipinski definition) is 4. The highest BCUT2D eigenvalue weighted by Crippen LogP contribution is 2.36. The molecule has 0 radical (unpaired) electrons. The zero-order chi connectivity index (χ0) is 16.1. The first-order valence-electron chi connectivity index (χ1n) is 7.91. The van der Waals surface area contributed by atoms with Crippen LogP contribution < -0.4 is 0 Å². The van der Waals surface area contributed by atoms with E-state index in [1.165, 1.54) is 10.4 Å². The van der Waals surface area contributed by atoms with Crippen molar-refractivity contribution in [2.75, 3.05) is 0 Å². The highest BCUT2D eigenvalue weighted by atomic mass is 32.2. The molecule has 0 saturated carbocycles. The van der Waals surface area contributed by atoms with Gasteiger partial charge in [-0.2, -0.15) is 0 Å². The summed E-state index contributed by atoms with van der Waals surface area (Å²) in [5.41, 5.74) is 1.35. The maximum Gasteiger partial charge on any atom is 0.191 e. The summed E-state index contributed by atoms with van der Waals surface area (Å²) in [5, 5.41) is 12.3. The van der Waals surface area contributed by atoms with Gasteiger partial charge in [0, 0.05) is 16.7 Å². The Morgan fingerprint density at radius 2 is 1.96 bits per heavy atom. The van der Waals surface area contributed by atoms with E-state index in [0.717, 1.165) is 30.4 Å². The van der Waals surface area contributed by atoms with Crippen LogP contribution in [0.3, 0.4) is 0 Å². The first kappa shape index (κ1) is 16.3. The minimum Gasteiger partial charge on any atom is -0.306 e. The van der Waals surface area contributed by atoms with E-state index in [1.807, 2.05) is 30.0 Å². The molecule has 2 aromatic heterocycles. The van der Waals surface area contributed by atoms with E-state index in [2.05, 4.69) is 69.5 Å². The molecule has 3 nitrogen and oxygen atoms in total. The van der Waals surface area contributed by atoms with E-state index >= 15 is 0 Å². The fraction of sp³-hybridized carbons (Fsp3) is 0.333. The van der Waals surface area contributed by atoms with E-state index in [0.29, 0.717) is 5.25 Å². The number of thiophene rings is 1. The topological polar surface area (TPSA) is 30.7 Å². The molecule has 3 aromatic rings. The summed E-state index contributed by atoms with van der Waals surface area (Å²) in [5.74, 6) is 0.993. The second kappa shape index (κ2) is 7.79. The Labute approximate surface area is 145 Å². The zero-order valence-electron chi connectivity index (χ0n) is 13.5. The molecule has 0 spiro atoms. The van der Waals surface area contributed by atoms with Gasteiger partial charge in [-0.3, -0.25) is 0 Å². The molecule has 0 saturated heterocycles. The lowest BCUT2D eigenvalue weighted by molar-refractivity contribution is 0.619. The van der Waals surface area contributed by atoms with Crippen LogP contribution in [0.4, 0.5) is 0 Å². The SMILES string of the molecule is CCC(Sc1nnc(C)n1CCc1cccs1)c1ccccc1. The van der Waals surface area contributed by atoms with Crippen LogP contribution in [-0.4, -0.2) is 14.8 Å². The third-order valence-corrected chi connectivity index (χ3v) is 6.19. The van der Waals surface area contributed by atoms with E-state index in [4.69, 9.17) is 0 Å². The predicted molar refractivity (Wildman–Crippen MR) is 98.1 cm³/mol. The average molecular weight is 344 g/mol. The molecular weight excluding hydrogens is 322 g/mol. The maximum absolute atomic E-state index is 4.41. The molecule has 0 N–H and O–H groups in total. The van der Waals surface area contributed by atoms with Crippen molar-refractivity contribution in [3.63, 3.8) is 0 Å². The molecule has 0 aliphatic rings.